The van der Waals surface area contributed by atoms with Crippen molar-refractivity contribution >= 4 is 17.5 Å². The summed E-state index contributed by atoms with van der Waals surface area (Å²) in [5.41, 5.74) is 2.42. The molecule has 0 radical (unpaired) electrons. The van der Waals surface area contributed by atoms with Crippen LogP contribution in [0.4, 0.5) is 5.69 Å². The van der Waals surface area contributed by atoms with E-state index >= 15 is 0 Å². The van der Waals surface area contributed by atoms with Crippen molar-refractivity contribution in [2.24, 2.45) is 0 Å². The summed E-state index contributed by atoms with van der Waals surface area (Å²) in [5, 5.41) is 2.92. The summed E-state index contributed by atoms with van der Waals surface area (Å²) in [6, 6.07) is 8.25. The number of ether oxygens (including phenoxy) is 1. The number of anilines is 1. The van der Waals surface area contributed by atoms with Gasteiger partial charge in [0.05, 0.1) is 13.2 Å². The molecule has 1 heterocycles. The molecule has 6 heteroatoms. The van der Waals surface area contributed by atoms with Crippen molar-refractivity contribution in [2.75, 3.05) is 50.8 Å². The molecular formula is C19H29N3O3. The first-order valence-corrected chi connectivity index (χ1v) is 9.04. The lowest BCUT2D eigenvalue weighted by molar-refractivity contribution is -0.137. The minimum atomic E-state index is -0.0672. The van der Waals surface area contributed by atoms with Gasteiger partial charge >= 0.3 is 0 Å². The Hall–Kier alpha value is -2.08. The van der Waals surface area contributed by atoms with Crippen molar-refractivity contribution in [2.45, 2.75) is 26.7 Å². The van der Waals surface area contributed by atoms with Gasteiger partial charge in [0, 0.05) is 51.3 Å². The van der Waals surface area contributed by atoms with Crippen molar-refractivity contribution in [3.8, 4) is 0 Å². The van der Waals surface area contributed by atoms with Crippen molar-refractivity contribution in [3.05, 3.63) is 29.8 Å². The first kappa shape index (κ1) is 19.2. The highest BCUT2D eigenvalue weighted by atomic mass is 16.5. The van der Waals surface area contributed by atoms with Gasteiger partial charge in [0.25, 0.3) is 0 Å². The summed E-state index contributed by atoms with van der Waals surface area (Å²) < 4.78 is 5.23. The SMILES string of the molecule is CCN(CCNC(=O)CCC(=O)N1CCOCC1)c1ccccc1C. The molecule has 1 N–H and O–H groups in total. The fourth-order valence-corrected chi connectivity index (χ4v) is 2.98. The Kier molecular flexibility index (Phi) is 7.73. The van der Waals surface area contributed by atoms with Gasteiger partial charge in [-0.05, 0) is 25.5 Å². The molecule has 1 aliphatic rings. The average Bonchev–Trinajstić information content (AvgIpc) is 2.65. The van der Waals surface area contributed by atoms with Gasteiger partial charge in [-0.1, -0.05) is 18.2 Å². The summed E-state index contributed by atoms with van der Waals surface area (Å²) in [5.74, 6) is -0.0315. The highest BCUT2D eigenvalue weighted by Crippen LogP contribution is 2.18. The second kappa shape index (κ2) is 10.0. The number of amides is 2. The molecule has 0 spiro atoms. The predicted octanol–water partition coefficient (Wildman–Crippen LogP) is 1.58. The molecule has 0 saturated carbocycles. The van der Waals surface area contributed by atoms with Gasteiger partial charge in [-0.3, -0.25) is 9.59 Å². The topological polar surface area (TPSA) is 61.9 Å². The number of nitrogens with one attached hydrogen (secondary N) is 1. The second-order valence-electron chi connectivity index (χ2n) is 6.21. The average molecular weight is 347 g/mol. The van der Waals surface area contributed by atoms with Crippen LogP contribution in [0.15, 0.2) is 24.3 Å². The molecular weight excluding hydrogens is 318 g/mol. The lowest BCUT2D eigenvalue weighted by Gasteiger charge is -2.27. The molecule has 0 atom stereocenters. The Morgan fingerprint density at radius 2 is 1.92 bits per heavy atom. The number of likely N-dealkylation sites (N-methyl/N-ethyl adjacent to an activating group) is 1. The fraction of sp³-hybridized carbons (Fsp3) is 0.579. The van der Waals surface area contributed by atoms with Gasteiger partial charge in [0.15, 0.2) is 0 Å². The molecule has 6 nitrogen and oxygen atoms in total. The van der Waals surface area contributed by atoms with Crippen molar-refractivity contribution in [1.29, 1.82) is 0 Å². The Balaban J connectivity index is 1.69. The number of carbonyl (C=O) groups is 2. The van der Waals surface area contributed by atoms with Crippen LogP contribution < -0.4 is 10.2 Å². The molecule has 1 aromatic rings. The lowest BCUT2D eigenvalue weighted by atomic mass is 10.2. The van der Waals surface area contributed by atoms with E-state index in [4.69, 9.17) is 4.74 Å². The van der Waals surface area contributed by atoms with Crippen LogP contribution in [-0.2, 0) is 14.3 Å². The molecule has 2 rings (SSSR count). The normalized spacial score (nSPS) is 14.2. The first-order valence-electron chi connectivity index (χ1n) is 9.04. The Morgan fingerprint density at radius 1 is 1.20 bits per heavy atom. The maximum absolute atomic E-state index is 12.0. The van der Waals surface area contributed by atoms with E-state index < -0.39 is 0 Å². The smallest absolute Gasteiger partial charge is 0.223 e. The minimum absolute atomic E-state index is 0.0357. The molecule has 1 aliphatic heterocycles. The van der Waals surface area contributed by atoms with Gasteiger partial charge in [-0.2, -0.15) is 0 Å². The van der Waals surface area contributed by atoms with E-state index in [1.54, 1.807) is 4.90 Å². The van der Waals surface area contributed by atoms with Crippen LogP contribution in [0.3, 0.4) is 0 Å². The van der Waals surface area contributed by atoms with E-state index in [0.717, 1.165) is 13.1 Å². The third-order valence-electron chi connectivity index (χ3n) is 4.47. The van der Waals surface area contributed by atoms with E-state index in [1.165, 1.54) is 11.3 Å². The molecule has 0 aromatic heterocycles. The van der Waals surface area contributed by atoms with Crippen LogP contribution >= 0.6 is 0 Å². The maximum Gasteiger partial charge on any atom is 0.223 e. The van der Waals surface area contributed by atoms with Crippen LogP contribution in [0.2, 0.25) is 0 Å². The third-order valence-corrected chi connectivity index (χ3v) is 4.47. The van der Waals surface area contributed by atoms with Crippen LogP contribution in [0.1, 0.15) is 25.3 Å². The Labute approximate surface area is 150 Å². The number of hydrogen-bond acceptors (Lipinski definition) is 4. The van der Waals surface area contributed by atoms with E-state index in [-0.39, 0.29) is 24.7 Å². The van der Waals surface area contributed by atoms with Crippen molar-refractivity contribution in [1.82, 2.24) is 10.2 Å². The Bertz CT molecular complexity index is 571. The summed E-state index contributed by atoms with van der Waals surface area (Å²) >= 11 is 0. The monoisotopic (exact) mass is 347 g/mol. The van der Waals surface area contributed by atoms with E-state index in [9.17, 15) is 9.59 Å². The molecule has 1 fully saturated rings. The molecule has 0 unspecified atom stereocenters. The number of morpholine rings is 1. The zero-order valence-corrected chi connectivity index (χ0v) is 15.3. The molecule has 0 aliphatic carbocycles. The van der Waals surface area contributed by atoms with Gasteiger partial charge in [-0.25, -0.2) is 0 Å². The lowest BCUT2D eigenvalue weighted by Crippen LogP contribution is -2.41. The second-order valence-corrected chi connectivity index (χ2v) is 6.21. The molecule has 1 aromatic carbocycles. The number of carbonyl (C=O) groups excluding carboxylic acids is 2. The summed E-state index contributed by atoms with van der Waals surface area (Å²) in [6.45, 7) is 8.84. The van der Waals surface area contributed by atoms with Crippen molar-refractivity contribution < 1.29 is 14.3 Å². The van der Waals surface area contributed by atoms with Gasteiger partial charge in [0.2, 0.25) is 11.8 Å². The van der Waals surface area contributed by atoms with E-state index in [0.29, 0.717) is 32.8 Å². The quantitative estimate of drug-likeness (QED) is 0.775. The maximum atomic E-state index is 12.0. The molecule has 2 amide bonds. The predicted molar refractivity (Wildman–Crippen MR) is 98.7 cm³/mol. The molecule has 138 valence electrons. The standard InChI is InChI=1S/C19H29N3O3/c1-3-21(17-7-5-4-6-16(17)2)11-10-20-18(23)8-9-19(24)22-12-14-25-15-13-22/h4-7H,3,8-15H2,1-2H3,(H,20,23). The van der Waals surface area contributed by atoms with Gasteiger partial charge in [0.1, 0.15) is 0 Å². The van der Waals surface area contributed by atoms with Crippen LogP contribution in [-0.4, -0.2) is 62.7 Å². The molecule has 1 saturated heterocycles. The Morgan fingerprint density at radius 3 is 2.60 bits per heavy atom. The number of benzene rings is 1. The zero-order valence-electron chi connectivity index (χ0n) is 15.3. The van der Waals surface area contributed by atoms with E-state index in [1.807, 2.05) is 12.1 Å². The van der Waals surface area contributed by atoms with Crippen LogP contribution in [0.5, 0.6) is 0 Å². The van der Waals surface area contributed by atoms with Crippen LogP contribution in [0, 0.1) is 6.92 Å². The van der Waals surface area contributed by atoms with Gasteiger partial charge in [-0.15, -0.1) is 0 Å². The van der Waals surface area contributed by atoms with E-state index in [2.05, 4.69) is 36.2 Å². The fourth-order valence-electron chi connectivity index (χ4n) is 2.98. The van der Waals surface area contributed by atoms with Crippen LogP contribution in [0.25, 0.3) is 0 Å². The highest BCUT2D eigenvalue weighted by Gasteiger charge is 2.17. The molecule has 0 bridgehead atoms. The summed E-state index contributed by atoms with van der Waals surface area (Å²) in [6.07, 6.45) is 0.508. The number of para-hydroxylation sites is 1. The zero-order chi connectivity index (χ0) is 18.1. The largest absolute Gasteiger partial charge is 0.378 e. The number of aryl methyl sites for hydroxylation is 1. The summed E-state index contributed by atoms with van der Waals surface area (Å²) in [4.78, 5) is 28.0. The number of rotatable bonds is 8. The number of hydrogen-bond donors (Lipinski definition) is 1. The molecule has 25 heavy (non-hydrogen) atoms. The minimum Gasteiger partial charge on any atom is -0.378 e. The van der Waals surface area contributed by atoms with Gasteiger partial charge < -0.3 is 19.9 Å². The highest BCUT2D eigenvalue weighted by molar-refractivity contribution is 5.83. The first-order chi connectivity index (χ1) is 12.1. The van der Waals surface area contributed by atoms with Crippen molar-refractivity contribution in [3.63, 3.8) is 0 Å². The summed E-state index contributed by atoms with van der Waals surface area (Å²) in [7, 11) is 0. The number of nitrogens with zero attached hydrogens (tertiary/aromatic N) is 2. The third kappa shape index (κ3) is 6.05.